The van der Waals surface area contributed by atoms with Crippen LogP contribution in [0.5, 0.6) is 5.75 Å². The van der Waals surface area contributed by atoms with E-state index in [2.05, 4.69) is 4.98 Å². The molecule has 30 heavy (non-hydrogen) atoms. The summed E-state index contributed by atoms with van der Waals surface area (Å²) in [6.07, 6.45) is 0. The fraction of sp³-hybridized carbons (Fsp3) is 0.227. The lowest BCUT2D eigenvalue weighted by molar-refractivity contribution is -0.120. The molecule has 8 nitrogen and oxygen atoms in total. The smallest absolute Gasteiger partial charge is 0.330 e. The average Bonchev–Trinajstić information content (AvgIpc) is 2.74. The van der Waals surface area contributed by atoms with Gasteiger partial charge in [0.05, 0.1) is 6.54 Å². The third-order valence-electron chi connectivity index (χ3n) is 4.73. The van der Waals surface area contributed by atoms with E-state index in [1.54, 1.807) is 13.0 Å². The van der Waals surface area contributed by atoms with Crippen LogP contribution in [0.25, 0.3) is 0 Å². The normalized spacial score (nSPS) is 10.6. The van der Waals surface area contributed by atoms with E-state index in [0.717, 1.165) is 11.1 Å². The first kappa shape index (κ1) is 20.9. The highest BCUT2D eigenvalue weighted by atomic mass is 16.5. The molecule has 0 aliphatic heterocycles. The topological polar surface area (TPSA) is 110 Å². The molecule has 156 valence electrons. The lowest BCUT2D eigenvalue weighted by atomic mass is 10.2. The molecular formula is C22H24N4O4. The van der Waals surface area contributed by atoms with Crippen LogP contribution < -0.4 is 26.6 Å². The SMILES string of the molecule is CCN(C(=O)COc1ccccc1C)c1c(N)n(Cc2ccccc2)c(=O)[nH]c1=O. The number of aromatic nitrogens is 2. The van der Waals surface area contributed by atoms with Gasteiger partial charge in [0.1, 0.15) is 11.6 Å². The standard InChI is InChI=1S/C22H24N4O4/c1-3-25(18(27)14-30-17-12-8-7-9-15(17)2)19-20(23)26(22(29)24-21(19)28)13-16-10-5-4-6-11-16/h4-12H,3,13-14,23H2,1-2H3,(H,24,28,29). The molecule has 1 heterocycles. The Labute approximate surface area is 173 Å². The maximum Gasteiger partial charge on any atom is 0.330 e. The fourth-order valence-electron chi connectivity index (χ4n) is 3.16. The molecule has 2 aromatic carbocycles. The number of hydrogen-bond acceptors (Lipinski definition) is 5. The summed E-state index contributed by atoms with van der Waals surface area (Å²) < 4.78 is 6.86. The van der Waals surface area contributed by atoms with E-state index in [-0.39, 0.29) is 31.2 Å². The van der Waals surface area contributed by atoms with E-state index < -0.39 is 17.2 Å². The second kappa shape index (κ2) is 9.13. The van der Waals surface area contributed by atoms with E-state index in [1.165, 1.54) is 9.47 Å². The maximum absolute atomic E-state index is 12.8. The van der Waals surface area contributed by atoms with Crippen LogP contribution in [0.1, 0.15) is 18.1 Å². The molecule has 0 saturated heterocycles. The number of carbonyl (C=O) groups is 1. The summed E-state index contributed by atoms with van der Waals surface area (Å²) in [4.78, 5) is 41.2. The Morgan fingerprint density at radius 2 is 1.77 bits per heavy atom. The molecule has 1 amide bonds. The minimum absolute atomic E-state index is 0.0635. The Morgan fingerprint density at radius 1 is 1.10 bits per heavy atom. The molecule has 0 fully saturated rings. The van der Waals surface area contributed by atoms with Crippen molar-refractivity contribution in [2.75, 3.05) is 23.8 Å². The number of carbonyl (C=O) groups excluding carboxylic acids is 1. The molecule has 0 atom stereocenters. The number of hydrogen-bond donors (Lipinski definition) is 2. The van der Waals surface area contributed by atoms with Gasteiger partial charge in [0.2, 0.25) is 0 Å². The van der Waals surface area contributed by atoms with Gasteiger partial charge in [-0.3, -0.25) is 19.1 Å². The van der Waals surface area contributed by atoms with Crippen LogP contribution in [0, 0.1) is 6.92 Å². The number of aryl methyl sites for hydroxylation is 1. The van der Waals surface area contributed by atoms with Crippen molar-refractivity contribution < 1.29 is 9.53 Å². The highest BCUT2D eigenvalue weighted by Crippen LogP contribution is 2.19. The second-order valence-electron chi connectivity index (χ2n) is 6.76. The van der Waals surface area contributed by atoms with Gasteiger partial charge in [0.15, 0.2) is 12.3 Å². The van der Waals surface area contributed by atoms with Crippen LogP contribution in [0.3, 0.4) is 0 Å². The summed E-state index contributed by atoms with van der Waals surface area (Å²) in [6.45, 7) is 3.68. The van der Waals surface area contributed by atoms with Crippen LogP contribution in [0.15, 0.2) is 64.2 Å². The van der Waals surface area contributed by atoms with Crippen molar-refractivity contribution in [3.63, 3.8) is 0 Å². The van der Waals surface area contributed by atoms with Gasteiger partial charge in [0.25, 0.3) is 11.5 Å². The molecule has 0 bridgehead atoms. The molecule has 0 aliphatic rings. The number of anilines is 2. The number of nitrogens with zero attached hydrogens (tertiary/aromatic N) is 2. The van der Waals surface area contributed by atoms with Crippen molar-refractivity contribution in [1.82, 2.24) is 9.55 Å². The zero-order valence-corrected chi connectivity index (χ0v) is 16.9. The number of aromatic amines is 1. The first-order chi connectivity index (χ1) is 14.4. The second-order valence-corrected chi connectivity index (χ2v) is 6.76. The number of likely N-dealkylation sites (N-methyl/N-ethyl adjacent to an activating group) is 1. The lowest BCUT2D eigenvalue weighted by Crippen LogP contribution is -2.42. The van der Waals surface area contributed by atoms with Crippen molar-refractivity contribution in [3.8, 4) is 5.75 Å². The maximum atomic E-state index is 12.8. The summed E-state index contributed by atoms with van der Waals surface area (Å²) in [5, 5.41) is 0. The quantitative estimate of drug-likeness (QED) is 0.620. The summed E-state index contributed by atoms with van der Waals surface area (Å²) in [7, 11) is 0. The zero-order valence-electron chi connectivity index (χ0n) is 16.9. The zero-order chi connectivity index (χ0) is 21.7. The lowest BCUT2D eigenvalue weighted by Gasteiger charge is -2.23. The third-order valence-corrected chi connectivity index (χ3v) is 4.73. The van der Waals surface area contributed by atoms with Crippen LogP contribution in [0.2, 0.25) is 0 Å². The number of H-pyrrole nitrogens is 1. The van der Waals surface area contributed by atoms with Crippen molar-refractivity contribution in [2.24, 2.45) is 0 Å². The van der Waals surface area contributed by atoms with Gasteiger partial charge in [0, 0.05) is 6.54 Å². The molecule has 3 N–H and O–H groups in total. The summed E-state index contributed by atoms with van der Waals surface area (Å²) >= 11 is 0. The van der Waals surface area contributed by atoms with Crippen molar-refractivity contribution in [2.45, 2.75) is 20.4 Å². The molecule has 0 spiro atoms. The molecule has 1 aromatic heterocycles. The molecule has 0 aliphatic carbocycles. The number of para-hydroxylation sites is 1. The predicted molar refractivity (Wildman–Crippen MR) is 116 cm³/mol. The fourth-order valence-corrected chi connectivity index (χ4v) is 3.16. The summed E-state index contributed by atoms with van der Waals surface area (Å²) in [5.41, 5.74) is 6.50. The summed E-state index contributed by atoms with van der Waals surface area (Å²) in [6, 6.07) is 16.6. The van der Waals surface area contributed by atoms with E-state index >= 15 is 0 Å². The van der Waals surface area contributed by atoms with E-state index in [1.807, 2.05) is 55.5 Å². The van der Waals surface area contributed by atoms with Gasteiger partial charge < -0.3 is 15.4 Å². The molecule has 8 heteroatoms. The Balaban J connectivity index is 1.91. The van der Waals surface area contributed by atoms with E-state index in [4.69, 9.17) is 10.5 Å². The first-order valence-corrected chi connectivity index (χ1v) is 9.57. The van der Waals surface area contributed by atoms with Gasteiger partial charge in [-0.15, -0.1) is 0 Å². The Kier molecular flexibility index (Phi) is 6.36. The van der Waals surface area contributed by atoms with E-state index in [9.17, 15) is 14.4 Å². The van der Waals surface area contributed by atoms with Gasteiger partial charge in [-0.1, -0.05) is 48.5 Å². The van der Waals surface area contributed by atoms with E-state index in [0.29, 0.717) is 5.75 Å². The average molecular weight is 408 g/mol. The number of rotatable bonds is 7. The molecule has 0 radical (unpaired) electrons. The number of benzene rings is 2. The third kappa shape index (κ3) is 4.43. The first-order valence-electron chi connectivity index (χ1n) is 9.57. The van der Waals surface area contributed by atoms with Crippen LogP contribution >= 0.6 is 0 Å². The van der Waals surface area contributed by atoms with Gasteiger partial charge in [-0.25, -0.2) is 4.79 Å². The highest BCUT2D eigenvalue weighted by Gasteiger charge is 2.23. The van der Waals surface area contributed by atoms with Gasteiger partial charge in [-0.05, 0) is 31.0 Å². The van der Waals surface area contributed by atoms with Crippen LogP contribution in [0.4, 0.5) is 11.5 Å². The molecule has 0 unspecified atom stereocenters. The monoisotopic (exact) mass is 408 g/mol. The molecule has 3 aromatic rings. The van der Waals surface area contributed by atoms with Gasteiger partial charge >= 0.3 is 5.69 Å². The number of ether oxygens (including phenoxy) is 1. The molecule has 0 saturated carbocycles. The molecule has 3 rings (SSSR count). The van der Waals surface area contributed by atoms with Crippen molar-refractivity contribution >= 4 is 17.4 Å². The number of nitrogens with two attached hydrogens (primary N) is 1. The minimum Gasteiger partial charge on any atom is -0.483 e. The number of nitrogens with one attached hydrogen (secondary N) is 1. The van der Waals surface area contributed by atoms with Crippen LogP contribution in [-0.4, -0.2) is 28.6 Å². The molecular weight excluding hydrogens is 384 g/mol. The largest absolute Gasteiger partial charge is 0.483 e. The Hall–Kier alpha value is -3.81. The predicted octanol–water partition coefficient (Wildman–Crippen LogP) is 1.91. The minimum atomic E-state index is -0.715. The Morgan fingerprint density at radius 3 is 2.43 bits per heavy atom. The highest BCUT2D eigenvalue weighted by molar-refractivity contribution is 5.96. The van der Waals surface area contributed by atoms with Crippen molar-refractivity contribution in [1.29, 1.82) is 0 Å². The van der Waals surface area contributed by atoms with Crippen molar-refractivity contribution in [3.05, 3.63) is 86.6 Å². The number of amides is 1. The number of nitrogen functional groups attached to an aromatic ring is 1. The van der Waals surface area contributed by atoms with Crippen LogP contribution in [-0.2, 0) is 11.3 Å². The summed E-state index contributed by atoms with van der Waals surface area (Å²) in [5.74, 6) is 0.0689. The Bertz CT molecular complexity index is 1150. The van der Waals surface area contributed by atoms with Gasteiger partial charge in [-0.2, -0.15) is 0 Å².